The molecule has 0 heterocycles. The SMILES string of the molecule is COC(=O)C[C@H](C)C[C@@H](C)CC(=O)C[C@H](C)C[C@@H](C)CO. The third-order valence-corrected chi connectivity index (χ3v) is 3.82. The summed E-state index contributed by atoms with van der Waals surface area (Å²) in [5.74, 6) is 1.20. The van der Waals surface area contributed by atoms with E-state index in [1.165, 1.54) is 7.11 Å². The number of carbonyl (C=O) groups is 2. The summed E-state index contributed by atoms with van der Waals surface area (Å²) in [6.07, 6.45) is 3.32. The summed E-state index contributed by atoms with van der Waals surface area (Å²) in [5, 5.41) is 9.03. The number of rotatable bonds is 11. The lowest BCUT2D eigenvalue weighted by atomic mass is 9.87. The molecule has 0 amide bonds. The van der Waals surface area contributed by atoms with Gasteiger partial charge in [0.1, 0.15) is 5.78 Å². The molecule has 0 aromatic carbocycles. The van der Waals surface area contributed by atoms with Gasteiger partial charge in [-0.05, 0) is 36.5 Å². The Morgan fingerprint density at radius 2 is 1.29 bits per heavy atom. The molecule has 0 aliphatic carbocycles. The summed E-state index contributed by atoms with van der Waals surface area (Å²) in [5.41, 5.74) is 0. The van der Waals surface area contributed by atoms with Crippen molar-refractivity contribution in [2.75, 3.05) is 13.7 Å². The minimum atomic E-state index is -0.187. The second-order valence-electron chi connectivity index (χ2n) is 6.80. The lowest BCUT2D eigenvalue weighted by molar-refractivity contribution is -0.141. The molecule has 124 valence electrons. The van der Waals surface area contributed by atoms with Crippen LogP contribution in [0, 0.1) is 23.7 Å². The highest BCUT2D eigenvalue weighted by atomic mass is 16.5. The van der Waals surface area contributed by atoms with Crippen molar-refractivity contribution in [3.63, 3.8) is 0 Å². The van der Waals surface area contributed by atoms with Gasteiger partial charge >= 0.3 is 5.97 Å². The Kier molecular flexibility index (Phi) is 10.3. The van der Waals surface area contributed by atoms with E-state index in [0.29, 0.717) is 31.1 Å². The molecule has 1 N–H and O–H groups in total. The van der Waals surface area contributed by atoms with Crippen LogP contribution in [-0.4, -0.2) is 30.6 Å². The maximum absolute atomic E-state index is 12.0. The maximum Gasteiger partial charge on any atom is 0.305 e. The van der Waals surface area contributed by atoms with Crippen LogP contribution < -0.4 is 0 Å². The van der Waals surface area contributed by atoms with Gasteiger partial charge in [0.25, 0.3) is 0 Å². The normalized spacial score (nSPS) is 16.9. The number of Topliss-reactive ketones (excluding diaryl/α,β-unsaturated/α-hetero) is 1. The molecule has 4 nitrogen and oxygen atoms in total. The molecule has 0 spiro atoms. The van der Waals surface area contributed by atoms with Crippen molar-refractivity contribution in [1.29, 1.82) is 0 Å². The number of aliphatic hydroxyl groups excluding tert-OH is 1. The van der Waals surface area contributed by atoms with Crippen molar-refractivity contribution in [3.8, 4) is 0 Å². The van der Waals surface area contributed by atoms with E-state index >= 15 is 0 Å². The molecular formula is C17H32O4. The Bertz CT molecular complexity index is 314. The number of esters is 1. The van der Waals surface area contributed by atoms with Crippen LogP contribution in [0.3, 0.4) is 0 Å². The van der Waals surface area contributed by atoms with E-state index in [1.54, 1.807) is 0 Å². The van der Waals surface area contributed by atoms with E-state index in [2.05, 4.69) is 18.6 Å². The minimum absolute atomic E-state index is 0.181. The van der Waals surface area contributed by atoms with Gasteiger partial charge in [-0.1, -0.05) is 27.7 Å². The molecule has 4 heteroatoms. The number of hydrogen-bond donors (Lipinski definition) is 1. The van der Waals surface area contributed by atoms with Crippen molar-refractivity contribution in [1.82, 2.24) is 0 Å². The molecule has 0 bridgehead atoms. The van der Waals surface area contributed by atoms with Gasteiger partial charge in [-0.25, -0.2) is 0 Å². The minimum Gasteiger partial charge on any atom is -0.469 e. The van der Waals surface area contributed by atoms with Gasteiger partial charge in [0.05, 0.1) is 7.11 Å². The second kappa shape index (κ2) is 10.8. The highest BCUT2D eigenvalue weighted by Crippen LogP contribution is 2.22. The highest BCUT2D eigenvalue weighted by Gasteiger charge is 2.18. The van der Waals surface area contributed by atoms with Gasteiger partial charge in [0, 0.05) is 25.9 Å². The van der Waals surface area contributed by atoms with Crippen LogP contribution in [-0.2, 0) is 14.3 Å². The maximum atomic E-state index is 12.0. The molecule has 0 aliphatic rings. The van der Waals surface area contributed by atoms with E-state index in [-0.39, 0.29) is 30.2 Å². The quantitative estimate of drug-likeness (QED) is 0.595. The summed E-state index contributed by atoms with van der Waals surface area (Å²) in [4.78, 5) is 23.2. The second-order valence-corrected chi connectivity index (χ2v) is 6.80. The van der Waals surface area contributed by atoms with Gasteiger partial charge in [0.15, 0.2) is 0 Å². The molecule has 0 aromatic rings. The third-order valence-electron chi connectivity index (χ3n) is 3.82. The molecule has 0 radical (unpaired) electrons. The molecule has 0 aliphatic heterocycles. The zero-order valence-electron chi connectivity index (χ0n) is 14.2. The Hall–Kier alpha value is -0.900. The molecule has 0 rings (SSSR count). The average Bonchev–Trinajstić information content (AvgIpc) is 2.37. The molecule has 4 atom stereocenters. The monoisotopic (exact) mass is 300 g/mol. The summed E-state index contributed by atoms with van der Waals surface area (Å²) in [7, 11) is 1.40. The number of ether oxygens (including phenoxy) is 1. The Morgan fingerprint density at radius 3 is 1.71 bits per heavy atom. The lowest BCUT2D eigenvalue weighted by Gasteiger charge is -2.18. The van der Waals surface area contributed by atoms with E-state index in [4.69, 9.17) is 5.11 Å². The van der Waals surface area contributed by atoms with Crippen LogP contribution in [0.4, 0.5) is 0 Å². The van der Waals surface area contributed by atoms with Crippen LogP contribution in [0.2, 0.25) is 0 Å². The van der Waals surface area contributed by atoms with Gasteiger partial charge in [-0.2, -0.15) is 0 Å². The number of carbonyl (C=O) groups excluding carboxylic acids is 2. The highest BCUT2D eigenvalue weighted by molar-refractivity contribution is 5.78. The zero-order chi connectivity index (χ0) is 16.4. The predicted molar refractivity (Wildman–Crippen MR) is 83.8 cm³/mol. The van der Waals surface area contributed by atoms with E-state index in [9.17, 15) is 9.59 Å². The molecule has 0 fully saturated rings. The van der Waals surface area contributed by atoms with Crippen LogP contribution in [0.15, 0.2) is 0 Å². The van der Waals surface area contributed by atoms with Gasteiger partial charge in [-0.3, -0.25) is 9.59 Å². The summed E-state index contributed by atoms with van der Waals surface area (Å²) >= 11 is 0. The van der Waals surface area contributed by atoms with Crippen LogP contribution >= 0.6 is 0 Å². The fourth-order valence-electron chi connectivity index (χ4n) is 2.93. The first kappa shape index (κ1) is 20.1. The van der Waals surface area contributed by atoms with Gasteiger partial charge in [0.2, 0.25) is 0 Å². The van der Waals surface area contributed by atoms with Crippen LogP contribution in [0.5, 0.6) is 0 Å². The van der Waals surface area contributed by atoms with E-state index in [0.717, 1.165) is 12.8 Å². The number of methoxy groups -OCH3 is 1. The Morgan fingerprint density at radius 1 is 0.857 bits per heavy atom. The van der Waals surface area contributed by atoms with E-state index < -0.39 is 0 Å². The van der Waals surface area contributed by atoms with Crippen LogP contribution in [0.1, 0.15) is 59.8 Å². The van der Waals surface area contributed by atoms with Crippen LogP contribution in [0.25, 0.3) is 0 Å². The van der Waals surface area contributed by atoms with Crippen molar-refractivity contribution in [3.05, 3.63) is 0 Å². The third kappa shape index (κ3) is 10.5. The molecular weight excluding hydrogens is 268 g/mol. The fourth-order valence-corrected chi connectivity index (χ4v) is 2.93. The standard InChI is InChI=1S/C17H32O4/c1-12(6-14(3)10-17(20)21-5)8-16(19)9-13(2)7-15(4)11-18/h12-15,18H,6-11H2,1-5H3/t12-,13-,14-,15-/m1/s1. The van der Waals surface area contributed by atoms with Crippen molar-refractivity contribution in [2.45, 2.75) is 59.8 Å². The van der Waals surface area contributed by atoms with Gasteiger partial charge < -0.3 is 9.84 Å². The fraction of sp³-hybridized carbons (Fsp3) is 0.882. The Labute approximate surface area is 129 Å². The number of aliphatic hydroxyl groups is 1. The first-order chi connectivity index (χ1) is 9.78. The summed E-state index contributed by atoms with van der Waals surface area (Å²) < 4.78 is 4.66. The average molecular weight is 300 g/mol. The topological polar surface area (TPSA) is 63.6 Å². The Balaban J connectivity index is 4.00. The summed E-state index contributed by atoms with van der Waals surface area (Å²) in [6.45, 7) is 8.32. The zero-order valence-corrected chi connectivity index (χ0v) is 14.2. The molecule has 21 heavy (non-hydrogen) atoms. The van der Waals surface area contributed by atoms with Crippen molar-refractivity contribution in [2.24, 2.45) is 23.7 Å². The van der Waals surface area contributed by atoms with Crippen molar-refractivity contribution >= 4 is 11.8 Å². The largest absolute Gasteiger partial charge is 0.469 e. The molecule has 0 aromatic heterocycles. The van der Waals surface area contributed by atoms with Crippen molar-refractivity contribution < 1.29 is 19.4 Å². The molecule has 0 saturated heterocycles. The molecule has 0 saturated carbocycles. The first-order valence-electron chi connectivity index (χ1n) is 7.97. The number of ketones is 1. The first-order valence-corrected chi connectivity index (χ1v) is 7.97. The lowest BCUT2D eigenvalue weighted by Crippen LogP contribution is -2.15. The smallest absolute Gasteiger partial charge is 0.305 e. The van der Waals surface area contributed by atoms with E-state index in [1.807, 2.05) is 13.8 Å². The van der Waals surface area contributed by atoms with Gasteiger partial charge in [-0.15, -0.1) is 0 Å². The predicted octanol–water partition coefficient (Wildman–Crippen LogP) is 3.22. The number of hydrogen-bond acceptors (Lipinski definition) is 4. The summed E-state index contributed by atoms with van der Waals surface area (Å²) in [6, 6.07) is 0. The molecule has 0 unspecified atom stereocenters.